The fraction of sp³-hybridized carbons (Fsp3) is 0.286. The van der Waals surface area contributed by atoms with Crippen molar-refractivity contribution in [1.29, 1.82) is 0 Å². The third kappa shape index (κ3) is 2.32. The van der Waals surface area contributed by atoms with Gasteiger partial charge in [0, 0.05) is 18.5 Å². The minimum absolute atomic E-state index is 0.0914. The number of pyridine rings is 1. The highest BCUT2D eigenvalue weighted by atomic mass is 35.5. The standard InChI is InChI=1S/C7H8ClNO3S/c1-12-6-3-5(13(2,10)11)4-9-7(6)8/h3-4H,1-2H3. The zero-order valence-corrected chi connectivity index (χ0v) is 8.69. The van der Waals surface area contributed by atoms with Crippen molar-refractivity contribution in [2.24, 2.45) is 0 Å². The van der Waals surface area contributed by atoms with Crippen LogP contribution < -0.4 is 4.74 Å². The van der Waals surface area contributed by atoms with Crippen LogP contribution >= 0.6 is 11.6 Å². The summed E-state index contributed by atoms with van der Waals surface area (Å²) in [6.45, 7) is 0. The van der Waals surface area contributed by atoms with Crippen LogP contribution in [0.3, 0.4) is 0 Å². The van der Waals surface area contributed by atoms with Crippen molar-refractivity contribution in [2.75, 3.05) is 13.4 Å². The lowest BCUT2D eigenvalue weighted by Gasteiger charge is -2.03. The lowest BCUT2D eigenvalue weighted by Crippen LogP contribution is -1.99. The van der Waals surface area contributed by atoms with Crippen LogP contribution in [0.25, 0.3) is 0 Å². The Balaban J connectivity index is 3.30. The largest absolute Gasteiger partial charge is 0.493 e. The molecule has 4 nitrogen and oxygen atoms in total. The van der Waals surface area contributed by atoms with E-state index in [9.17, 15) is 8.42 Å². The molecule has 1 heterocycles. The first-order valence-electron chi connectivity index (χ1n) is 3.34. The smallest absolute Gasteiger partial charge is 0.177 e. The Kier molecular flexibility index (Phi) is 2.77. The van der Waals surface area contributed by atoms with Crippen molar-refractivity contribution in [2.45, 2.75) is 4.90 Å². The van der Waals surface area contributed by atoms with Crippen LogP contribution in [-0.4, -0.2) is 26.8 Å². The number of hydrogen-bond acceptors (Lipinski definition) is 4. The summed E-state index contributed by atoms with van der Waals surface area (Å²) in [4.78, 5) is 3.77. The molecule has 0 spiro atoms. The van der Waals surface area contributed by atoms with E-state index in [4.69, 9.17) is 16.3 Å². The Morgan fingerprint density at radius 2 is 2.15 bits per heavy atom. The summed E-state index contributed by atoms with van der Waals surface area (Å²) < 4.78 is 27.0. The predicted molar refractivity (Wildman–Crippen MR) is 48.9 cm³/mol. The molecular weight excluding hydrogens is 214 g/mol. The molecule has 0 amide bonds. The van der Waals surface area contributed by atoms with E-state index < -0.39 is 9.84 Å². The highest BCUT2D eigenvalue weighted by molar-refractivity contribution is 7.90. The molecule has 72 valence electrons. The molecule has 0 N–H and O–H groups in total. The summed E-state index contributed by atoms with van der Waals surface area (Å²) in [5.74, 6) is 0.254. The molecule has 0 saturated heterocycles. The number of sulfone groups is 1. The predicted octanol–water partition coefficient (Wildman–Crippen LogP) is 1.15. The molecule has 0 aromatic carbocycles. The van der Waals surface area contributed by atoms with Gasteiger partial charge in [-0.3, -0.25) is 0 Å². The number of aromatic nitrogens is 1. The lowest BCUT2D eigenvalue weighted by atomic mass is 10.5. The molecule has 0 atom stereocenters. The van der Waals surface area contributed by atoms with E-state index in [1.165, 1.54) is 19.4 Å². The number of hydrogen-bond donors (Lipinski definition) is 0. The molecule has 0 radical (unpaired) electrons. The molecule has 0 saturated carbocycles. The van der Waals surface area contributed by atoms with Gasteiger partial charge in [0.25, 0.3) is 0 Å². The van der Waals surface area contributed by atoms with E-state index in [1.807, 2.05) is 0 Å². The highest BCUT2D eigenvalue weighted by Gasteiger charge is 2.11. The van der Waals surface area contributed by atoms with Crippen molar-refractivity contribution >= 4 is 21.4 Å². The van der Waals surface area contributed by atoms with Crippen LogP contribution in [0.4, 0.5) is 0 Å². The third-order valence-corrected chi connectivity index (χ3v) is 2.79. The van der Waals surface area contributed by atoms with Gasteiger partial charge in [-0.05, 0) is 0 Å². The van der Waals surface area contributed by atoms with Crippen LogP contribution in [0.15, 0.2) is 17.2 Å². The van der Waals surface area contributed by atoms with Crippen LogP contribution in [0, 0.1) is 0 Å². The first kappa shape index (κ1) is 10.3. The van der Waals surface area contributed by atoms with E-state index in [2.05, 4.69) is 4.98 Å². The number of nitrogens with zero attached hydrogens (tertiary/aromatic N) is 1. The van der Waals surface area contributed by atoms with Crippen LogP contribution in [0.1, 0.15) is 0 Å². The van der Waals surface area contributed by atoms with E-state index in [0.29, 0.717) is 0 Å². The van der Waals surface area contributed by atoms with Crippen LogP contribution in [0.5, 0.6) is 5.75 Å². The topological polar surface area (TPSA) is 56.3 Å². The van der Waals surface area contributed by atoms with Crippen LogP contribution in [-0.2, 0) is 9.84 Å². The number of ether oxygens (including phenoxy) is 1. The molecule has 6 heteroatoms. The molecule has 0 unspecified atom stereocenters. The summed E-state index contributed by atoms with van der Waals surface area (Å²) in [5.41, 5.74) is 0. The minimum Gasteiger partial charge on any atom is -0.493 e. The number of halogens is 1. The Morgan fingerprint density at radius 1 is 1.54 bits per heavy atom. The monoisotopic (exact) mass is 221 g/mol. The Labute approximate surface area is 81.4 Å². The van der Waals surface area contributed by atoms with Crippen molar-refractivity contribution in [3.63, 3.8) is 0 Å². The Morgan fingerprint density at radius 3 is 2.62 bits per heavy atom. The van der Waals surface area contributed by atoms with Gasteiger partial charge in [-0.15, -0.1) is 0 Å². The normalized spacial score (nSPS) is 11.3. The molecule has 0 aliphatic carbocycles. The molecule has 0 fully saturated rings. The van der Waals surface area contributed by atoms with Crippen molar-refractivity contribution in [1.82, 2.24) is 4.98 Å². The van der Waals surface area contributed by atoms with Crippen molar-refractivity contribution < 1.29 is 13.2 Å². The first-order chi connectivity index (χ1) is 5.95. The fourth-order valence-electron chi connectivity index (χ4n) is 0.756. The van der Waals surface area contributed by atoms with Gasteiger partial charge in [-0.2, -0.15) is 0 Å². The summed E-state index contributed by atoms with van der Waals surface area (Å²) >= 11 is 5.62. The SMILES string of the molecule is COc1cc(S(C)(=O)=O)cnc1Cl. The van der Waals surface area contributed by atoms with Gasteiger partial charge in [0.1, 0.15) is 0 Å². The van der Waals surface area contributed by atoms with Gasteiger partial charge >= 0.3 is 0 Å². The van der Waals surface area contributed by atoms with E-state index in [-0.39, 0.29) is 15.8 Å². The van der Waals surface area contributed by atoms with E-state index >= 15 is 0 Å². The van der Waals surface area contributed by atoms with Gasteiger partial charge in [0.15, 0.2) is 20.7 Å². The van der Waals surface area contributed by atoms with E-state index in [0.717, 1.165) is 6.26 Å². The summed E-state index contributed by atoms with van der Waals surface area (Å²) in [5, 5.41) is 0.148. The average Bonchev–Trinajstić information content (AvgIpc) is 2.03. The Bertz CT molecular complexity index is 416. The first-order valence-corrected chi connectivity index (χ1v) is 5.61. The fourth-order valence-corrected chi connectivity index (χ4v) is 1.50. The lowest BCUT2D eigenvalue weighted by molar-refractivity contribution is 0.411. The quantitative estimate of drug-likeness (QED) is 0.703. The zero-order chi connectivity index (χ0) is 10.1. The maximum atomic E-state index is 11.1. The van der Waals surface area contributed by atoms with Gasteiger partial charge in [0.05, 0.1) is 12.0 Å². The van der Waals surface area contributed by atoms with E-state index in [1.54, 1.807) is 0 Å². The molecule has 0 aliphatic rings. The van der Waals surface area contributed by atoms with Gasteiger partial charge in [-0.1, -0.05) is 11.6 Å². The van der Waals surface area contributed by atoms with Crippen LogP contribution in [0.2, 0.25) is 5.15 Å². The minimum atomic E-state index is -3.25. The molecule has 1 aromatic heterocycles. The summed E-state index contributed by atoms with van der Waals surface area (Å²) in [6.07, 6.45) is 2.29. The third-order valence-electron chi connectivity index (χ3n) is 1.43. The average molecular weight is 222 g/mol. The number of rotatable bonds is 2. The molecule has 1 rings (SSSR count). The second kappa shape index (κ2) is 3.51. The molecular formula is C7H8ClNO3S. The Hall–Kier alpha value is -0.810. The highest BCUT2D eigenvalue weighted by Crippen LogP contribution is 2.23. The summed E-state index contributed by atoms with van der Waals surface area (Å²) in [7, 11) is -1.86. The zero-order valence-electron chi connectivity index (χ0n) is 7.11. The maximum Gasteiger partial charge on any atom is 0.177 e. The molecule has 0 aliphatic heterocycles. The van der Waals surface area contributed by atoms with Gasteiger partial charge in [0.2, 0.25) is 0 Å². The summed E-state index contributed by atoms with van der Waals surface area (Å²) in [6, 6.07) is 1.34. The van der Waals surface area contributed by atoms with Gasteiger partial charge < -0.3 is 4.74 Å². The maximum absolute atomic E-state index is 11.1. The second-order valence-corrected chi connectivity index (χ2v) is 4.81. The second-order valence-electron chi connectivity index (χ2n) is 2.44. The van der Waals surface area contributed by atoms with Gasteiger partial charge in [-0.25, -0.2) is 13.4 Å². The molecule has 1 aromatic rings. The van der Waals surface area contributed by atoms with Crippen molar-refractivity contribution in [3.05, 3.63) is 17.4 Å². The molecule has 0 bridgehead atoms. The number of methoxy groups -OCH3 is 1. The van der Waals surface area contributed by atoms with Crippen molar-refractivity contribution in [3.8, 4) is 5.75 Å². The molecule has 13 heavy (non-hydrogen) atoms.